The number of nitrogens with zero attached hydrogens (tertiary/aromatic N) is 6. The average molecular weight is 493 g/mol. The van der Waals surface area contributed by atoms with Gasteiger partial charge < -0.3 is 5.32 Å². The summed E-state index contributed by atoms with van der Waals surface area (Å²) in [5.41, 5.74) is 3.69. The Labute approximate surface area is 204 Å². The van der Waals surface area contributed by atoms with Crippen LogP contribution in [0.1, 0.15) is 32.4 Å². The molecule has 0 amide bonds. The molecule has 1 aliphatic heterocycles. The largest absolute Gasteiger partial charge is 0.340 e. The van der Waals surface area contributed by atoms with Crippen LogP contribution < -0.4 is 10.5 Å². The van der Waals surface area contributed by atoms with E-state index in [1.54, 1.807) is 19.1 Å². The van der Waals surface area contributed by atoms with Crippen molar-refractivity contribution in [2.75, 3.05) is 18.4 Å². The van der Waals surface area contributed by atoms with Crippen LogP contribution in [-0.2, 0) is 10.0 Å². The number of rotatable bonds is 5. The van der Waals surface area contributed by atoms with Crippen molar-refractivity contribution in [1.29, 1.82) is 0 Å². The number of likely N-dealkylation sites (tertiary alicyclic amines) is 1. The van der Waals surface area contributed by atoms with Crippen LogP contribution in [-0.4, -0.2) is 56.9 Å². The quantitative estimate of drug-likeness (QED) is 0.434. The number of nitrogens with one attached hydrogen (secondary N) is 1. The monoisotopic (exact) mass is 492 g/mol. The van der Waals surface area contributed by atoms with Crippen LogP contribution >= 0.6 is 0 Å². The normalized spacial score (nSPS) is 15.3. The highest BCUT2D eigenvalue weighted by Crippen LogP contribution is 2.31. The molecule has 11 heteroatoms. The van der Waals surface area contributed by atoms with Crippen molar-refractivity contribution in [3.63, 3.8) is 0 Å². The van der Waals surface area contributed by atoms with Gasteiger partial charge in [-0.2, -0.15) is 0 Å². The van der Waals surface area contributed by atoms with Crippen molar-refractivity contribution in [1.82, 2.24) is 29.9 Å². The lowest BCUT2D eigenvalue weighted by atomic mass is 9.98. The van der Waals surface area contributed by atoms with Gasteiger partial charge in [0.1, 0.15) is 17.8 Å². The molecular weight excluding hydrogens is 464 g/mol. The van der Waals surface area contributed by atoms with Gasteiger partial charge in [-0.05, 0) is 57.5 Å². The number of aromatic nitrogens is 5. The number of benzene rings is 2. The molecule has 182 valence electrons. The smallest absolute Gasteiger partial charge is 0.238 e. The van der Waals surface area contributed by atoms with Gasteiger partial charge in [-0.1, -0.05) is 17.3 Å². The van der Waals surface area contributed by atoms with E-state index in [1.807, 2.05) is 29.1 Å². The fraction of sp³-hybridized carbons (Fsp3) is 0.333. The van der Waals surface area contributed by atoms with Crippen molar-refractivity contribution in [3.05, 3.63) is 54.5 Å². The van der Waals surface area contributed by atoms with Gasteiger partial charge in [-0.3, -0.25) is 4.90 Å². The van der Waals surface area contributed by atoms with E-state index in [0.29, 0.717) is 23.1 Å². The number of anilines is 2. The molecular formula is C24H28N8O2S. The molecule has 0 spiro atoms. The zero-order valence-electron chi connectivity index (χ0n) is 20.1. The van der Waals surface area contributed by atoms with Crippen LogP contribution in [0.4, 0.5) is 11.5 Å². The van der Waals surface area contributed by atoms with Crippen molar-refractivity contribution in [2.45, 2.75) is 44.2 Å². The first kappa shape index (κ1) is 23.3. The molecule has 0 radical (unpaired) electrons. The number of primary sulfonamides is 1. The number of fused-ring (bicyclic) bond motifs is 1. The fourth-order valence-electron chi connectivity index (χ4n) is 4.19. The van der Waals surface area contributed by atoms with Crippen LogP contribution in [0.25, 0.3) is 22.2 Å². The highest BCUT2D eigenvalue weighted by Gasteiger charge is 2.36. The summed E-state index contributed by atoms with van der Waals surface area (Å²) in [5.74, 6) is 0.549. The summed E-state index contributed by atoms with van der Waals surface area (Å²) < 4.78 is 25.8. The topological polar surface area (TPSA) is 132 Å². The maximum atomic E-state index is 11.9. The molecule has 10 nitrogen and oxygen atoms in total. The molecule has 0 saturated carbocycles. The van der Waals surface area contributed by atoms with Gasteiger partial charge >= 0.3 is 0 Å². The minimum atomic E-state index is -3.84. The summed E-state index contributed by atoms with van der Waals surface area (Å²) in [4.78, 5) is 11.2. The van der Waals surface area contributed by atoms with Gasteiger partial charge in [0, 0.05) is 35.3 Å². The molecule has 0 bridgehead atoms. The molecule has 2 aromatic carbocycles. The summed E-state index contributed by atoms with van der Waals surface area (Å²) in [6.45, 7) is 10.2. The van der Waals surface area contributed by atoms with Crippen molar-refractivity contribution >= 4 is 32.4 Å². The summed E-state index contributed by atoms with van der Waals surface area (Å²) in [7, 11) is -3.84. The van der Waals surface area contributed by atoms with Gasteiger partial charge in [0.15, 0.2) is 0 Å². The standard InChI is InChI=1S/C24H28N8O2S/c1-15-5-7-17(10-22(15)35(25,33)34)28-23-19-9-16(6-8-20(19)26-14-27-23)21-13-32(30-29-21)18-11-31(12-18)24(2,3)4/h5-10,13-14,18H,11-12H2,1-4H3,(H2,25,33,34)(H,26,27,28). The third-order valence-electron chi connectivity index (χ3n) is 6.38. The van der Waals surface area contributed by atoms with E-state index >= 15 is 0 Å². The van der Waals surface area contributed by atoms with Crippen LogP contribution in [0.15, 0.2) is 53.8 Å². The SMILES string of the molecule is Cc1ccc(Nc2ncnc3ccc(-c4cn(C5CN(C(C)(C)C)C5)nn4)cc23)cc1S(N)(=O)=O. The Bertz CT molecular complexity index is 1520. The Morgan fingerprint density at radius 3 is 2.57 bits per heavy atom. The van der Waals surface area contributed by atoms with Crippen molar-refractivity contribution in [3.8, 4) is 11.3 Å². The van der Waals surface area contributed by atoms with E-state index in [9.17, 15) is 8.42 Å². The minimum absolute atomic E-state index is 0.0687. The molecule has 3 N–H and O–H groups in total. The first-order chi connectivity index (χ1) is 16.5. The van der Waals surface area contributed by atoms with Crippen molar-refractivity contribution in [2.24, 2.45) is 5.14 Å². The predicted octanol–water partition coefficient (Wildman–Crippen LogP) is 3.24. The Hall–Kier alpha value is -3.41. The Kier molecular flexibility index (Phi) is 5.58. The number of hydrogen-bond donors (Lipinski definition) is 2. The Morgan fingerprint density at radius 1 is 1.09 bits per heavy atom. The summed E-state index contributed by atoms with van der Waals surface area (Å²) in [6, 6.07) is 11.1. The predicted molar refractivity (Wildman–Crippen MR) is 135 cm³/mol. The highest BCUT2D eigenvalue weighted by molar-refractivity contribution is 7.89. The maximum Gasteiger partial charge on any atom is 0.238 e. The van der Waals surface area contributed by atoms with E-state index in [4.69, 9.17) is 5.14 Å². The molecule has 0 unspecified atom stereocenters. The van der Waals surface area contributed by atoms with Crippen LogP contribution in [0.3, 0.4) is 0 Å². The summed E-state index contributed by atoms with van der Waals surface area (Å²) in [5, 5.41) is 18.1. The zero-order valence-corrected chi connectivity index (χ0v) is 20.9. The molecule has 1 saturated heterocycles. The van der Waals surface area contributed by atoms with E-state index in [0.717, 1.165) is 35.2 Å². The molecule has 2 aromatic heterocycles. The molecule has 1 fully saturated rings. The lowest BCUT2D eigenvalue weighted by Crippen LogP contribution is -2.56. The first-order valence-corrected chi connectivity index (χ1v) is 12.9. The number of hydrogen-bond acceptors (Lipinski definition) is 8. The minimum Gasteiger partial charge on any atom is -0.340 e. The molecule has 3 heterocycles. The number of aryl methyl sites for hydroxylation is 1. The van der Waals surface area contributed by atoms with Gasteiger partial charge in [0.2, 0.25) is 10.0 Å². The van der Waals surface area contributed by atoms with Gasteiger partial charge in [-0.15, -0.1) is 5.10 Å². The second-order valence-corrected chi connectivity index (χ2v) is 11.4. The zero-order chi connectivity index (χ0) is 25.0. The van der Waals surface area contributed by atoms with Gasteiger partial charge in [-0.25, -0.2) is 28.2 Å². The number of sulfonamides is 1. The van der Waals surface area contributed by atoms with E-state index in [1.165, 1.54) is 12.4 Å². The molecule has 1 aliphatic rings. The van der Waals surface area contributed by atoms with Crippen molar-refractivity contribution < 1.29 is 8.42 Å². The van der Waals surface area contributed by atoms with Gasteiger partial charge in [0.05, 0.1) is 22.7 Å². The van der Waals surface area contributed by atoms with Crippen LogP contribution in [0.5, 0.6) is 0 Å². The van der Waals surface area contributed by atoms with Gasteiger partial charge in [0.25, 0.3) is 0 Å². The first-order valence-electron chi connectivity index (χ1n) is 11.3. The molecule has 0 aliphatic carbocycles. The second-order valence-electron chi connectivity index (χ2n) is 9.92. The van der Waals surface area contributed by atoms with E-state index in [-0.39, 0.29) is 10.4 Å². The van der Waals surface area contributed by atoms with Crippen LogP contribution in [0, 0.1) is 6.92 Å². The highest BCUT2D eigenvalue weighted by atomic mass is 32.2. The fourth-order valence-corrected chi connectivity index (χ4v) is 5.00. The molecule has 4 aromatic rings. The Morgan fingerprint density at radius 2 is 1.86 bits per heavy atom. The second kappa shape index (κ2) is 8.36. The third kappa shape index (κ3) is 4.62. The van der Waals surface area contributed by atoms with E-state index in [2.05, 4.69) is 51.3 Å². The molecule has 35 heavy (non-hydrogen) atoms. The maximum absolute atomic E-state index is 11.9. The van der Waals surface area contributed by atoms with E-state index < -0.39 is 10.0 Å². The average Bonchev–Trinajstić information content (AvgIpc) is 3.22. The lowest BCUT2D eigenvalue weighted by Gasteiger charge is -2.47. The van der Waals surface area contributed by atoms with Crippen LogP contribution in [0.2, 0.25) is 0 Å². The summed E-state index contributed by atoms with van der Waals surface area (Å²) >= 11 is 0. The lowest BCUT2D eigenvalue weighted by molar-refractivity contribution is 0.0148. The summed E-state index contributed by atoms with van der Waals surface area (Å²) in [6.07, 6.45) is 3.44. The Balaban J connectivity index is 1.44. The molecule has 5 rings (SSSR count). The third-order valence-corrected chi connectivity index (χ3v) is 7.44. The number of nitrogens with two attached hydrogens (primary N) is 1. The molecule has 0 atom stereocenters.